The summed E-state index contributed by atoms with van der Waals surface area (Å²) in [4.78, 5) is 12.3. The Morgan fingerprint density at radius 2 is 1.90 bits per heavy atom. The van der Waals surface area contributed by atoms with Crippen LogP contribution in [0.2, 0.25) is 0 Å². The molecule has 0 aliphatic carbocycles. The number of nitriles is 1. The predicted molar refractivity (Wildman–Crippen MR) is 77.1 cm³/mol. The molecule has 0 saturated carbocycles. The molecule has 1 amide bonds. The van der Waals surface area contributed by atoms with Crippen LogP contribution in [0.5, 0.6) is 0 Å². The summed E-state index contributed by atoms with van der Waals surface area (Å²) in [5.41, 5.74) is 1.71. The van der Waals surface area contributed by atoms with Crippen LogP contribution in [0.1, 0.15) is 26.3 Å². The molecule has 20 heavy (non-hydrogen) atoms. The highest BCUT2D eigenvalue weighted by Gasteiger charge is 2.41. The van der Waals surface area contributed by atoms with Gasteiger partial charge in [-0.25, -0.2) is 0 Å². The van der Waals surface area contributed by atoms with Crippen molar-refractivity contribution in [3.63, 3.8) is 0 Å². The summed E-state index contributed by atoms with van der Waals surface area (Å²) in [5, 5.41) is 11.6. The molecule has 1 N–H and O–H groups in total. The van der Waals surface area contributed by atoms with Gasteiger partial charge in [0.05, 0.1) is 30.6 Å². The highest BCUT2D eigenvalue weighted by Crippen LogP contribution is 2.32. The van der Waals surface area contributed by atoms with Gasteiger partial charge in [-0.2, -0.15) is 5.26 Å². The zero-order chi connectivity index (χ0) is 14.7. The highest BCUT2D eigenvalue weighted by molar-refractivity contribution is 5.93. The smallest absolute Gasteiger partial charge is 0.230 e. The number of nitrogens with one attached hydrogen (secondary N) is 1. The van der Waals surface area contributed by atoms with E-state index in [-0.39, 0.29) is 30.0 Å². The van der Waals surface area contributed by atoms with E-state index in [1.807, 2.05) is 38.1 Å². The maximum absolute atomic E-state index is 12.3. The van der Waals surface area contributed by atoms with Crippen LogP contribution < -0.4 is 5.32 Å². The number of ether oxygens (including phenoxy) is 1. The van der Waals surface area contributed by atoms with Crippen LogP contribution in [-0.4, -0.2) is 18.1 Å². The minimum Gasteiger partial charge on any atom is -0.374 e. The van der Waals surface area contributed by atoms with Gasteiger partial charge in [-0.15, -0.1) is 0 Å². The Labute approximate surface area is 119 Å². The van der Waals surface area contributed by atoms with E-state index in [4.69, 9.17) is 10.00 Å². The third-order valence-electron chi connectivity index (χ3n) is 4.05. The third-order valence-corrected chi connectivity index (χ3v) is 4.05. The Balaban J connectivity index is 2.03. The van der Waals surface area contributed by atoms with Crippen molar-refractivity contribution in [3.8, 4) is 6.07 Å². The summed E-state index contributed by atoms with van der Waals surface area (Å²) in [7, 11) is 0. The van der Waals surface area contributed by atoms with Crippen molar-refractivity contribution in [2.24, 2.45) is 11.8 Å². The Morgan fingerprint density at radius 1 is 1.25 bits per heavy atom. The second kappa shape index (κ2) is 6.06. The van der Waals surface area contributed by atoms with Gasteiger partial charge in [0.15, 0.2) is 0 Å². The molecule has 4 heteroatoms. The van der Waals surface area contributed by atoms with E-state index in [0.717, 1.165) is 11.3 Å². The van der Waals surface area contributed by atoms with Gasteiger partial charge in [0.25, 0.3) is 0 Å². The Kier molecular flexibility index (Phi) is 4.41. The molecule has 4 unspecified atom stereocenters. The third kappa shape index (κ3) is 3.00. The number of nitrogens with zero attached hydrogens (tertiary/aromatic N) is 1. The van der Waals surface area contributed by atoms with Crippen LogP contribution >= 0.6 is 0 Å². The number of rotatable bonds is 3. The largest absolute Gasteiger partial charge is 0.374 e. The van der Waals surface area contributed by atoms with E-state index in [2.05, 4.69) is 18.3 Å². The molecule has 1 heterocycles. The zero-order valence-electron chi connectivity index (χ0n) is 12.1. The average Bonchev–Trinajstić information content (AvgIpc) is 2.66. The van der Waals surface area contributed by atoms with Crippen molar-refractivity contribution in [2.75, 3.05) is 5.32 Å². The van der Waals surface area contributed by atoms with Gasteiger partial charge in [-0.3, -0.25) is 4.79 Å². The van der Waals surface area contributed by atoms with E-state index in [0.29, 0.717) is 6.42 Å². The SMILES string of the molecule is CC1OC(C)C(C(=O)Nc2ccc(CC#N)cc2)C1C. The van der Waals surface area contributed by atoms with Crippen LogP contribution in [-0.2, 0) is 16.0 Å². The van der Waals surface area contributed by atoms with Crippen molar-refractivity contribution >= 4 is 11.6 Å². The Bertz CT molecular complexity index is 518. The van der Waals surface area contributed by atoms with Crippen LogP contribution in [0.25, 0.3) is 0 Å². The molecule has 0 bridgehead atoms. The molecule has 2 rings (SSSR count). The molecule has 0 radical (unpaired) electrons. The monoisotopic (exact) mass is 272 g/mol. The standard InChI is InChI=1S/C16H20N2O2/c1-10-11(2)20-12(3)15(10)16(19)18-14-6-4-13(5-7-14)8-9-17/h4-7,10-12,15H,8H2,1-3H3,(H,18,19). The molecule has 1 aromatic rings. The minimum absolute atomic E-state index is 0.00221. The van der Waals surface area contributed by atoms with Crippen molar-refractivity contribution in [2.45, 2.75) is 39.4 Å². The molecule has 1 aromatic carbocycles. The van der Waals surface area contributed by atoms with Gasteiger partial charge in [-0.05, 0) is 37.5 Å². The van der Waals surface area contributed by atoms with Crippen molar-refractivity contribution < 1.29 is 9.53 Å². The molecule has 1 fully saturated rings. The quantitative estimate of drug-likeness (QED) is 0.920. The number of carbonyl (C=O) groups excluding carboxylic acids is 1. The average molecular weight is 272 g/mol. The summed E-state index contributed by atoms with van der Waals surface area (Å²) in [5.74, 6) is 0.0917. The summed E-state index contributed by atoms with van der Waals surface area (Å²) >= 11 is 0. The number of carbonyl (C=O) groups is 1. The molecule has 1 saturated heterocycles. The summed E-state index contributed by atoms with van der Waals surface area (Å²) in [6, 6.07) is 9.49. The van der Waals surface area contributed by atoms with Gasteiger partial charge < -0.3 is 10.1 Å². The second-order valence-corrected chi connectivity index (χ2v) is 5.45. The van der Waals surface area contributed by atoms with Crippen LogP contribution in [0.3, 0.4) is 0 Å². The lowest BCUT2D eigenvalue weighted by Crippen LogP contribution is -2.31. The summed E-state index contributed by atoms with van der Waals surface area (Å²) < 4.78 is 5.70. The Morgan fingerprint density at radius 3 is 2.40 bits per heavy atom. The first-order valence-corrected chi connectivity index (χ1v) is 6.95. The maximum Gasteiger partial charge on any atom is 0.230 e. The lowest BCUT2D eigenvalue weighted by atomic mass is 9.89. The first kappa shape index (κ1) is 14.5. The van der Waals surface area contributed by atoms with Crippen LogP contribution in [0.4, 0.5) is 5.69 Å². The summed E-state index contributed by atoms with van der Waals surface area (Å²) in [6.45, 7) is 6.00. The first-order valence-electron chi connectivity index (χ1n) is 6.95. The Hall–Kier alpha value is -1.86. The van der Waals surface area contributed by atoms with Gasteiger partial charge in [-0.1, -0.05) is 19.1 Å². The second-order valence-electron chi connectivity index (χ2n) is 5.45. The van der Waals surface area contributed by atoms with E-state index in [1.54, 1.807) is 0 Å². The predicted octanol–water partition coefficient (Wildman–Crippen LogP) is 2.75. The molecule has 1 aliphatic heterocycles. The summed E-state index contributed by atoms with van der Waals surface area (Å²) in [6.07, 6.45) is 0.438. The van der Waals surface area contributed by atoms with E-state index in [9.17, 15) is 4.79 Å². The fraction of sp³-hybridized carbons (Fsp3) is 0.500. The topological polar surface area (TPSA) is 62.1 Å². The van der Waals surface area contributed by atoms with E-state index >= 15 is 0 Å². The highest BCUT2D eigenvalue weighted by atomic mass is 16.5. The van der Waals surface area contributed by atoms with Crippen molar-refractivity contribution in [1.82, 2.24) is 0 Å². The lowest BCUT2D eigenvalue weighted by molar-refractivity contribution is -0.121. The number of benzene rings is 1. The van der Waals surface area contributed by atoms with Gasteiger partial charge in [0, 0.05) is 5.69 Å². The first-order chi connectivity index (χ1) is 9.52. The normalized spacial score (nSPS) is 28.9. The molecule has 0 spiro atoms. The maximum atomic E-state index is 12.3. The van der Waals surface area contributed by atoms with Crippen LogP contribution in [0, 0.1) is 23.2 Å². The fourth-order valence-corrected chi connectivity index (χ4v) is 2.74. The van der Waals surface area contributed by atoms with E-state index in [1.165, 1.54) is 0 Å². The number of anilines is 1. The zero-order valence-corrected chi connectivity index (χ0v) is 12.1. The van der Waals surface area contributed by atoms with Crippen LogP contribution in [0.15, 0.2) is 24.3 Å². The van der Waals surface area contributed by atoms with Gasteiger partial charge in [0.1, 0.15) is 0 Å². The van der Waals surface area contributed by atoms with Gasteiger partial charge in [0.2, 0.25) is 5.91 Å². The molecule has 4 atom stereocenters. The van der Waals surface area contributed by atoms with Gasteiger partial charge >= 0.3 is 0 Å². The molecule has 4 nitrogen and oxygen atoms in total. The molecular formula is C16H20N2O2. The number of hydrogen-bond acceptors (Lipinski definition) is 3. The van der Waals surface area contributed by atoms with Crippen molar-refractivity contribution in [3.05, 3.63) is 29.8 Å². The van der Waals surface area contributed by atoms with E-state index < -0.39 is 0 Å². The molecular weight excluding hydrogens is 252 g/mol. The number of amides is 1. The lowest BCUT2D eigenvalue weighted by Gasteiger charge is -2.18. The molecule has 0 aromatic heterocycles. The number of hydrogen-bond donors (Lipinski definition) is 1. The molecule has 106 valence electrons. The van der Waals surface area contributed by atoms with Crippen molar-refractivity contribution in [1.29, 1.82) is 5.26 Å². The molecule has 1 aliphatic rings. The minimum atomic E-state index is -0.121. The fourth-order valence-electron chi connectivity index (χ4n) is 2.74.